The molecule has 0 aromatic rings. The normalized spacial score (nSPS) is 13.7. The Balaban J connectivity index is 4.29. The Morgan fingerprint density at radius 3 is 2.23 bits per heavy atom. The number of halogens is 1. The molecule has 132 valence electrons. The van der Waals surface area contributed by atoms with Crippen LogP contribution in [0.15, 0.2) is 0 Å². The van der Waals surface area contributed by atoms with Gasteiger partial charge < -0.3 is 19.1 Å². The third-order valence-electron chi connectivity index (χ3n) is 2.13. The van der Waals surface area contributed by atoms with Crippen LogP contribution in [-0.4, -0.2) is 46.6 Å². The van der Waals surface area contributed by atoms with Crippen LogP contribution in [0, 0.1) is 0 Å². The Kier molecular flexibility index (Phi) is 11.4. The number of hydrogen-bond donors (Lipinski definition) is 1. The van der Waals surface area contributed by atoms with Gasteiger partial charge in [0.05, 0.1) is 24.7 Å². The molecule has 0 aromatic heterocycles. The van der Waals surface area contributed by atoms with Crippen molar-refractivity contribution in [1.29, 1.82) is 0 Å². The highest BCUT2D eigenvalue weighted by Crippen LogP contribution is 2.50. The van der Waals surface area contributed by atoms with Gasteiger partial charge in [-0.3, -0.25) is 4.57 Å². The molecule has 0 fully saturated rings. The van der Waals surface area contributed by atoms with Crippen molar-refractivity contribution in [1.82, 2.24) is 5.32 Å². The lowest BCUT2D eigenvalue weighted by Gasteiger charge is -2.23. The molecule has 0 aliphatic rings. The maximum Gasteiger partial charge on any atom is 0.407 e. The van der Waals surface area contributed by atoms with E-state index in [9.17, 15) is 9.36 Å². The van der Waals surface area contributed by atoms with E-state index in [1.54, 1.807) is 13.8 Å². The highest BCUT2D eigenvalue weighted by atomic mass is 127. The number of carbonyl (C=O) groups excluding carboxylic acids is 1. The summed E-state index contributed by atoms with van der Waals surface area (Å²) in [5.41, 5.74) is -0.246. The lowest BCUT2D eigenvalue weighted by atomic mass is 10.2. The Morgan fingerprint density at radius 2 is 1.82 bits per heavy atom. The molecule has 0 saturated carbocycles. The molecule has 0 heterocycles. The molecule has 1 N–H and O–H groups in total. The van der Waals surface area contributed by atoms with Crippen LogP contribution in [0.5, 0.6) is 0 Å². The summed E-state index contributed by atoms with van der Waals surface area (Å²) < 4.78 is 28.7. The monoisotopic (exact) mass is 467 g/mol. The SMILES string of the molecule is CCOP(=O)(CSCC(CI)NC(=O)OC(C)(C)C)OCC. The van der Waals surface area contributed by atoms with Crippen molar-refractivity contribution in [2.24, 2.45) is 0 Å². The molecule has 1 unspecified atom stereocenters. The summed E-state index contributed by atoms with van der Waals surface area (Å²) in [6, 6.07) is -0.0582. The summed E-state index contributed by atoms with van der Waals surface area (Å²) in [4.78, 5) is 11.7. The predicted molar refractivity (Wildman–Crippen MR) is 100 cm³/mol. The van der Waals surface area contributed by atoms with Crippen molar-refractivity contribution in [3.8, 4) is 0 Å². The average Bonchev–Trinajstić information content (AvgIpc) is 2.35. The minimum absolute atomic E-state index is 0.0582. The molecule has 0 radical (unpaired) electrons. The van der Waals surface area contributed by atoms with Crippen LogP contribution in [0.2, 0.25) is 0 Å². The first-order valence-corrected chi connectivity index (χ1v) is 11.6. The fraction of sp³-hybridized carbons (Fsp3) is 0.923. The minimum Gasteiger partial charge on any atom is -0.444 e. The molecule has 0 aliphatic carbocycles. The Labute approximate surface area is 151 Å². The number of thioether (sulfide) groups is 1. The van der Waals surface area contributed by atoms with Crippen molar-refractivity contribution >= 4 is 48.0 Å². The highest BCUT2D eigenvalue weighted by molar-refractivity contribution is 14.1. The second-order valence-electron chi connectivity index (χ2n) is 5.44. The Hall–Kier alpha value is 0.500. The van der Waals surface area contributed by atoms with Crippen LogP contribution in [0.4, 0.5) is 4.79 Å². The average molecular weight is 467 g/mol. The lowest BCUT2D eigenvalue weighted by Crippen LogP contribution is -2.41. The predicted octanol–water partition coefficient (Wildman–Crippen LogP) is 4.27. The first-order chi connectivity index (χ1) is 10.2. The van der Waals surface area contributed by atoms with Gasteiger partial charge in [-0.25, -0.2) is 4.79 Å². The maximum atomic E-state index is 12.3. The molecular formula is C13H27INO5PS. The van der Waals surface area contributed by atoms with Crippen LogP contribution in [0.25, 0.3) is 0 Å². The summed E-state index contributed by atoms with van der Waals surface area (Å²) in [6.45, 7) is 9.73. The number of alkyl halides is 1. The van der Waals surface area contributed by atoms with E-state index in [0.29, 0.717) is 19.0 Å². The van der Waals surface area contributed by atoms with E-state index in [1.165, 1.54) is 11.8 Å². The zero-order chi connectivity index (χ0) is 17.2. The first-order valence-electron chi connectivity index (χ1n) is 7.17. The van der Waals surface area contributed by atoms with E-state index >= 15 is 0 Å². The summed E-state index contributed by atoms with van der Waals surface area (Å²) >= 11 is 3.64. The molecule has 22 heavy (non-hydrogen) atoms. The van der Waals surface area contributed by atoms with Crippen molar-refractivity contribution in [3.63, 3.8) is 0 Å². The third-order valence-corrected chi connectivity index (χ3v) is 7.13. The van der Waals surface area contributed by atoms with Gasteiger partial charge in [-0.15, -0.1) is 11.8 Å². The van der Waals surface area contributed by atoms with Crippen LogP contribution in [0.1, 0.15) is 34.6 Å². The summed E-state index contributed by atoms with van der Waals surface area (Å²) in [6.07, 6.45) is -0.437. The summed E-state index contributed by atoms with van der Waals surface area (Å²) in [5.74, 6) is 0.617. The van der Waals surface area contributed by atoms with E-state index < -0.39 is 19.3 Å². The number of alkyl carbamates (subject to hydrolysis) is 1. The van der Waals surface area contributed by atoms with Crippen molar-refractivity contribution in [3.05, 3.63) is 0 Å². The van der Waals surface area contributed by atoms with Crippen molar-refractivity contribution in [2.75, 3.05) is 28.9 Å². The topological polar surface area (TPSA) is 73.9 Å². The Morgan fingerprint density at radius 1 is 1.27 bits per heavy atom. The smallest absolute Gasteiger partial charge is 0.407 e. The van der Waals surface area contributed by atoms with Gasteiger partial charge in [0.2, 0.25) is 0 Å². The zero-order valence-electron chi connectivity index (χ0n) is 13.9. The van der Waals surface area contributed by atoms with Gasteiger partial charge in [-0.1, -0.05) is 22.6 Å². The lowest BCUT2D eigenvalue weighted by molar-refractivity contribution is 0.0515. The number of rotatable bonds is 10. The molecule has 0 aliphatic heterocycles. The van der Waals surface area contributed by atoms with Gasteiger partial charge in [-0.2, -0.15) is 0 Å². The first kappa shape index (κ1) is 22.5. The number of carbonyl (C=O) groups is 1. The van der Waals surface area contributed by atoms with Crippen molar-refractivity contribution in [2.45, 2.75) is 46.3 Å². The molecule has 9 heteroatoms. The molecule has 0 aromatic carbocycles. The van der Waals surface area contributed by atoms with Crippen LogP contribution in [-0.2, 0) is 18.3 Å². The quantitative estimate of drug-likeness (QED) is 0.294. The van der Waals surface area contributed by atoms with E-state index in [4.69, 9.17) is 13.8 Å². The molecule has 0 saturated heterocycles. The number of hydrogen-bond acceptors (Lipinski definition) is 6. The molecule has 1 atom stereocenters. The van der Waals surface area contributed by atoms with Crippen molar-refractivity contribution < 1.29 is 23.1 Å². The molecule has 0 rings (SSSR count). The number of nitrogens with one attached hydrogen (secondary N) is 1. The molecule has 6 nitrogen and oxygen atoms in total. The maximum absolute atomic E-state index is 12.3. The highest BCUT2D eigenvalue weighted by Gasteiger charge is 2.25. The fourth-order valence-electron chi connectivity index (χ4n) is 1.41. The zero-order valence-corrected chi connectivity index (χ0v) is 17.8. The van der Waals surface area contributed by atoms with Gasteiger partial charge >= 0.3 is 13.7 Å². The van der Waals surface area contributed by atoms with E-state index in [1.807, 2.05) is 20.8 Å². The fourth-order valence-corrected chi connectivity index (χ4v) is 5.62. The largest absolute Gasteiger partial charge is 0.444 e. The minimum atomic E-state index is -3.04. The van der Waals surface area contributed by atoms with Gasteiger partial charge in [0.15, 0.2) is 0 Å². The molecule has 0 bridgehead atoms. The third kappa shape index (κ3) is 11.1. The van der Waals surface area contributed by atoms with Gasteiger partial charge in [0.1, 0.15) is 5.60 Å². The standard InChI is InChI=1S/C13H27INO5PS/c1-6-18-21(17,19-7-2)10-22-9-11(8-14)15-12(16)20-13(3,4)5/h11H,6-10H2,1-5H3,(H,15,16). The second-order valence-corrected chi connectivity index (χ2v) is 9.84. The summed E-state index contributed by atoms with van der Waals surface area (Å²) in [5, 5.41) is 2.81. The number of amides is 1. The summed E-state index contributed by atoms with van der Waals surface area (Å²) in [7, 11) is -3.04. The van der Waals surface area contributed by atoms with Crippen LogP contribution >= 0.6 is 41.9 Å². The van der Waals surface area contributed by atoms with E-state index in [2.05, 4.69) is 27.9 Å². The molecule has 0 spiro atoms. The number of ether oxygens (including phenoxy) is 1. The molecular weight excluding hydrogens is 440 g/mol. The van der Waals surface area contributed by atoms with Gasteiger partial charge in [0.25, 0.3) is 0 Å². The second kappa shape index (κ2) is 11.1. The van der Waals surface area contributed by atoms with Crippen LogP contribution in [0.3, 0.4) is 0 Å². The molecule has 1 amide bonds. The van der Waals surface area contributed by atoms with Gasteiger partial charge in [0, 0.05) is 10.2 Å². The van der Waals surface area contributed by atoms with E-state index in [0.717, 1.165) is 4.43 Å². The van der Waals surface area contributed by atoms with Crippen LogP contribution < -0.4 is 5.32 Å². The van der Waals surface area contributed by atoms with E-state index in [-0.39, 0.29) is 11.5 Å². The Bertz CT molecular complexity index is 368. The van der Waals surface area contributed by atoms with Gasteiger partial charge in [-0.05, 0) is 34.6 Å².